The molecule has 0 spiro atoms. The van der Waals surface area contributed by atoms with E-state index in [1.165, 1.54) is 0 Å². The van der Waals surface area contributed by atoms with Crippen molar-refractivity contribution in [2.75, 3.05) is 25.1 Å². The Balaban J connectivity index is 1.76. The highest BCUT2D eigenvalue weighted by atomic mass is 16.5. The van der Waals surface area contributed by atoms with Crippen LogP contribution in [0, 0.1) is 0 Å². The van der Waals surface area contributed by atoms with Crippen molar-refractivity contribution in [2.45, 2.75) is 13.0 Å². The van der Waals surface area contributed by atoms with Gasteiger partial charge in [0, 0.05) is 19.3 Å². The highest BCUT2D eigenvalue weighted by Gasteiger charge is 2.02. The van der Waals surface area contributed by atoms with E-state index in [1.807, 2.05) is 48.5 Å². The van der Waals surface area contributed by atoms with E-state index in [-0.39, 0.29) is 6.61 Å². The van der Waals surface area contributed by atoms with Crippen molar-refractivity contribution >= 4 is 5.69 Å². The topological polar surface area (TPSA) is 32.7 Å². The van der Waals surface area contributed by atoms with Gasteiger partial charge in [-0.25, -0.2) is 0 Å². The number of para-hydroxylation sites is 1. The molecule has 3 nitrogen and oxygen atoms in total. The SMILES string of the molecule is CN(CCCOc1ccccc1)c1cccc(CO)c1. The van der Waals surface area contributed by atoms with Gasteiger partial charge in [-0.05, 0) is 36.2 Å². The molecule has 2 aromatic rings. The summed E-state index contributed by atoms with van der Waals surface area (Å²) in [6.07, 6.45) is 0.953. The average Bonchev–Trinajstić information content (AvgIpc) is 2.52. The van der Waals surface area contributed by atoms with Gasteiger partial charge in [0.1, 0.15) is 5.75 Å². The molecule has 0 radical (unpaired) electrons. The molecule has 0 saturated heterocycles. The van der Waals surface area contributed by atoms with Gasteiger partial charge >= 0.3 is 0 Å². The lowest BCUT2D eigenvalue weighted by Crippen LogP contribution is -2.20. The van der Waals surface area contributed by atoms with Crippen molar-refractivity contribution in [3.05, 3.63) is 60.2 Å². The zero-order chi connectivity index (χ0) is 14.2. The van der Waals surface area contributed by atoms with Crippen molar-refractivity contribution in [3.8, 4) is 5.75 Å². The van der Waals surface area contributed by atoms with Gasteiger partial charge in [-0.2, -0.15) is 0 Å². The predicted octanol–water partition coefficient (Wildman–Crippen LogP) is 3.08. The number of ether oxygens (including phenoxy) is 1. The van der Waals surface area contributed by atoms with Crippen molar-refractivity contribution in [3.63, 3.8) is 0 Å². The number of rotatable bonds is 7. The molecular formula is C17H21NO2. The van der Waals surface area contributed by atoms with Crippen LogP contribution in [0.3, 0.4) is 0 Å². The van der Waals surface area contributed by atoms with Gasteiger partial charge in [0.25, 0.3) is 0 Å². The largest absolute Gasteiger partial charge is 0.494 e. The van der Waals surface area contributed by atoms with Gasteiger partial charge in [0.05, 0.1) is 13.2 Å². The van der Waals surface area contributed by atoms with E-state index in [4.69, 9.17) is 9.84 Å². The average molecular weight is 271 g/mol. The molecule has 0 amide bonds. The second kappa shape index (κ2) is 7.56. The Labute approximate surface area is 120 Å². The number of benzene rings is 2. The van der Waals surface area contributed by atoms with Crippen LogP contribution in [0.4, 0.5) is 5.69 Å². The van der Waals surface area contributed by atoms with E-state index < -0.39 is 0 Å². The van der Waals surface area contributed by atoms with Gasteiger partial charge < -0.3 is 14.7 Å². The van der Waals surface area contributed by atoms with Crippen molar-refractivity contribution in [2.24, 2.45) is 0 Å². The summed E-state index contributed by atoms with van der Waals surface area (Å²) in [5, 5.41) is 9.15. The molecule has 2 rings (SSSR count). The maximum atomic E-state index is 9.15. The first-order valence-electron chi connectivity index (χ1n) is 6.88. The van der Waals surface area contributed by atoms with Gasteiger partial charge in [0.15, 0.2) is 0 Å². The third-order valence-electron chi connectivity index (χ3n) is 3.18. The predicted molar refractivity (Wildman–Crippen MR) is 82.2 cm³/mol. The van der Waals surface area contributed by atoms with Crippen LogP contribution in [-0.2, 0) is 6.61 Å². The standard InChI is InChI=1S/C17H21NO2/c1-18(16-8-5-7-15(13-16)14-19)11-6-12-20-17-9-3-2-4-10-17/h2-5,7-10,13,19H,6,11-12,14H2,1H3. The zero-order valence-corrected chi connectivity index (χ0v) is 11.8. The van der Waals surface area contributed by atoms with E-state index >= 15 is 0 Å². The summed E-state index contributed by atoms with van der Waals surface area (Å²) >= 11 is 0. The van der Waals surface area contributed by atoms with Crippen LogP contribution >= 0.6 is 0 Å². The minimum absolute atomic E-state index is 0.0821. The lowest BCUT2D eigenvalue weighted by atomic mass is 10.2. The second-order valence-electron chi connectivity index (χ2n) is 4.76. The summed E-state index contributed by atoms with van der Waals surface area (Å²) in [6.45, 7) is 1.70. The van der Waals surface area contributed by atoms with Crippen LogP contribution in [0.5, 0.6) is 5.75 Å². The number of aliphatic hydroxyl groups excluding tert-OH is 1. The van der Waals surface area contributed by atoms with Crippen LogP contribution in [0.1, 0.15) is 12.0 Å². The van der Waals surface area contributed by atoms with E-state index in [1.54, 1.807) is 0 Å². The quantitative estimate of drug-likeness (QED) is 0.786. The molecule has 0 unspecified atom stereocenters. The van der Waals surface area contributed by atoms with Crippen LogP contribution in [-0.4, -0.2) is 25.3 Å². The zero-order valence-electron chi connectivity index (χ0n) is 11.8. The first kappa shape index (κ1) is 14.4. The summed E-state index contributed by atoms with van der Waals surface area (Å²) in [5.74, 6) is 0.914. The van der Waals surface area contributed by atoms with Gasteiger partial charge in [-0.1, -0.05) is 30.3 Å². The van der Waals surface area contributed by atoms with E-state index in [2.05, 4.69) is 18.0 Å². The number of hydrogen-bond donors (Lipinski definition) is 1. The lowest BCUT2D eigenvalue weighted by molar-refractivity contribution is 0.282. The molecule has 0 bridgehead atoms. The van der Waals surface area contributed by atoms with Gasteiger partial charge in [0.2, 0.25) is 0 Å². The second-order valence-corrected chi connectivity index (χ2v) is 4.76. The molecule has 0 aromatic heterocycles. The van der Waals surface area contributed by atoms with Crippen molar-refractivity contribution in [1.29, 1.82) is 0 Å². The van der Waals surface area contributed by atoms with Crippen LogP contribution < -0.4 is 9.64 Å². The molecule has 0 heterocycles. The molecular weight excluding hydrogens is 250 g/mol. The first-order chi connectivity index (χ1) is 9.79. The molecule has 0 aliphatic carbocycles. The molecule has 106 valence electrons. The molecule has 0 saturated carbocycles. The number of anilines is 1. The smallest absolute Gasteiger partial charge is 0.119 e. The summed E-state index contributed by atoms with van der Waals surface area (Å²) in [5.41, 5.74) is 2.06. The fraction of sp³-hybridized carbons (Fsp3) is 0.294. The summed E-state index contributed by atoms with van der Waals surface area (Å²) in [6, 6.07) is 17.8. The summed E-state index contributed by atoms with van der Waals surface area (Å²) < 4.78 is 5.67. The first-order valence-corrected chi connectivity index (χ1v) is 6.88. The highest BCUT2D eigenvalue weighted by Crippen LogP contribution is 2.15. The Bertz CT molecular complexity index is 513. The lowest BCUT2D eigenvalue weighted by Gasteiger charge is -2.20. The molecule has 3 heteroatoms. The minimum Gasteiger partial charge on any atom is -0.494 e. The van der Waals surface area contributed by atoms with Crippen molar-refractivity contribution < 1.29 is 9.84 Å². The molecule has 1 N–H and O–H groups in total. The molecule has 2 aromatic carbocycles. The van der Waals surface area contributed by atoms with E-state index in [9.17, 15) is 0 Å². The number of nitrogens with zero attached hydrogens (tertiary/aromatic N) is 1. The van der Waals surface area contributed by atoms with E-state index in [0.29, 0.717) is 6.61 Å². The fourth-order valence-corrected chi connectivity index (χ4v) is 2.03. The molecule has 0 fully saturated rings. The maximum Gasteiger partial charge on any atom is 0.119 e. The maximum absolute atomic E-state index is 9.15. The Morgan fingerprint density at radius 3 is 2.60 bits per heavy atom. The van der Waals surface area contributed by atoms with Crippen LogP contribution in [0.15, 0.2) is 54.6 Å². The number of aliphatic hydroxyl groups is 1. The van der Waals surface area contributed by atoms with Gasteiger partial charge in [-0.15, -0.1) is 0 Å². The van der Waals surface area contributed by atoms with E-state index in [0.717, 1.165) is 30.0 Å². The Hall–Kier alpha value is -2.00. The normalized spacial score (nSPS) is 10.3. The molecule has 0 aliphatic rings. The third-order valence-corrected chi connectivity index (χ3v) is 3.18. The molecule has 0 aliphatic heterocycles. The minimum atomic E-state index is 0.0821. The van der Waals surface area contributed by atoms with Gasteiger partial charge in [-0.3, -0.25) is 0 Å². The summed E-state index contributed by atoms with van der Waals surface area (Å²) in [7, 11) is 2.05. The summed E-state index contributed by atoms with van der Waals surface area (Å²) in [4.78, 5) is 2.17. The molecule has 20 heavy (non-hydrogen) atoms. The fourth-order valence-electron chi connectivity index (χ4n) is 2.03. The Morgan fingerprint density at radius 1 is 1.05 bits per heavy atom. The number of hydrogen-bond acceptors (Lipinski definition) is 3. The highest BCUT2D eigenvalue weighted by molar-refractivity contribution is 5.47. The Morgan fingerprint density at radius 2 is 1.85 bits per heavy atom. The molecule has 0 atom stereocenters. The Kier molecular flexibility index (Phi) is 5.44. The van der Waals surface area contributed by atoms with Crippen LogP contribution in [0.2, 0.25) is 0 Å². The third kappa shape index (κ3) is 4.28. The van der Waals surface area contributed by atoms with Crippen molar-refractivity contribution in [1.82, 2.24) is 0 Å². The van der Waals surface area contributed by atoms with Crippen LogP contribution in [0.25, 0.3) is 0 Å². The monoisotopic (exact) mass is 271 g/mol.